The number of halogens is 1. The van der Waals surface area contributed by atoms with E-state index >= 15 is 0 Å². The fraction of sp³-hybridized carbons (Fsp3) is 0.438. The summed E-state index contributed by atoms with van der Waals surface area (Å²) < 4.78 is 41.9. The zero-order chi connectivity index (χ0) is 18.7. The molecule has 0 radical (unpaired) electrons. The first-order valence-electron chi connectivity index (χ1n) is 8.02. The molecule has 10 heteroatoms. The maximum Gasteiger partial charge on any atom is 0.277 e. The van der Waals surface area contributed by atoms with Crippen LogP contribution in [0.3, 0.4) is 0 Å². The molecule has 1 saturated heterocycles. The van der Waals surface area contributed by atoms with Gasteiger partial charge in [0.15, 0.2) is 9.84 Å². The Labute approximate surface area is 154 Å². The highest BCUT2D eigenvalue weighted by Gasteiger charge is 2.29. The van der Waals surface area contributed by atoms with E-state index in [4.69, 9.17) is 4.42 Å². The summed E-state index contributed by atoms with van der Waals surface area (Å²) in [5.74, 6) is 0.0506. The summed E-state index contributed by atoms with van der Waals surface area (Å²) in [4.78, 5) is 11.9. The average Bonchev–Trinajstić information content (AvgIpc) is 3.15. The number of sulfone groups is 1. The van der Waals surface area contributed by atoms with Gasteiger partial charge in [-0.1, -0.05) is 17.8 Å². The van der Waals surface area contributed by atoms with E-state index in [0.717, 1.165) is 11.8 Å². The SMILES string of the molecule is Cc1ccc(NC(=O)CSc2nnc(C[C@H]3CCS(=O)(=O)C3)o2)cc1F. The highest BCUT2D eigenvalue weighted by molar-refractivity contribution is 7.99. The van der Waals surface area contributed by atoms with Crippen molar-refractivity contribution in [2.45, 2.75) is 25.0 Å². The van der Waals surface area contributed by atoms with Crippen molar-refractivity contribution >= 4 is 33.2 Å². The average molecular weight is 399 g/mol. The number of benzene rings is 1. The minimum absolute atomic E-state index is 0.00182. The Bertz CT molecular complexity index is 914. The molecular weight excluding hydrogens is 381 g/mol. The molecule has 7 nitrogen and oxygen atoms in total. The van der Waals surface area contributed by atoms with Crippen molar-refractivity contribution in [2.24, 2.45) is 5.92 Å². The van der Waals surface area contributed by atoms with Gasteiger partial charge in [-0.25, -0.2) is 12.8 Å². The third kappa shape index (κ3) is 5.04. The fourth-order valence-corrected chi connectivity index (χ4v) is 5.10. The van der Waals surface area contributed by atoms with Crippen molar-refractivity contribution in [1.82, 2.24) is 10.2 Å². The number of amides is 1. The van der Waals surface area contributed by atoms with Crippen molar-refractivity contribution in [3.8, 4) is 0 Å². The number of aromatic nitrogens is 2. The van der Waals surface area contributed by atoms with E-state index < -0.39 is 9.84 Å². The molecule has 26 heavy (non-hydrogen) atoms. The quantitative estimate of drug-likeness (QED) is 0.743. The molecule has 1 aliphatic heterocycles. The van der Waals surface area contributed by atoms with Crippen LogP contribution in [0.2, 0.25) is 0 Å². The molecule has 0 spiro atoms. The number of carbonyl (C=O) groups excluding carboxylic acids is 1. The molecule has 1 fully saturated rings. The van der Waals surface area contributed by atoms with E-state index in [9.17, 15) is 17.6 Å². The van der Waals surface area contributed by atoms with Crippen LogP contribution in [0.25, 0.3) is 0 Å². The third-order valence-electron chi connectivity index (χ3n) is 4.02. The van der Waals surface area contributed by atoms with Gasteiger partial charge in [-0.2, -0.15) is 0 Å². The zero-order valence-electron chi connectivity index (χ0n) is 14.1. The van der Waals surface area contributed by atoms with Crippen LogP contribution in [0.1, 0.15) is 17.9 Å². The highest BCUT2D eigenvalue weighted by Crippen LogP contribution is 2.24. The van der Waals surface area contributed by atoms with Crippen molar-refractivity contribution in [2.75, 3.05) is 22.6 Å². The normalized spacial score (nSPS) is 18.8. The van der Waals surface area contributed by atoms with Gasteiger partial charge in [0.1, 0.15) is 5.82 Å². The number of carbonyl (C=O) groups is 1. The first kappa shape index (κ1) is 18.8. The summed E-state index contributed by atoms with van der Waals surface area (Å²) in [5, 5.41) is 10.6. The molecule has 140 valence electrons. The van der Waals surface area contributed by atoms with Gasteiger partial charge in [-0.3, -0.25) is 4.79 Å². The van der Waals surface area contributed by atoms with E-state index in [1.54, 1.807) is 19.1 Å². The summed E-state index contributed by atoms with van der Waals surface area (Å²) in [6, 6.07) is 4.48. The van der Waals surface area contributed by atoms with Gasteiger partial charge in [0.25, 0.3) is 5.22 Å². The Balaban J connectivity index is 1.48. The summed E-state index contributed by atoms with van der Waals surface area (Å²) >= 11 is 1.07. The van der Waals surface area contributed by atoms with Crippen molar-refractivity contribution < 1.29 is 22.0 Å². The third-order valence-corrected chi connectivity index (χ3v) is 6.68. The van der Waals surface area contributed by atoms with Gasteiger partial charge in [0.05, 0.1) is 17.3 Å². The van der Waals surface area contributed by atoms with Gasteiger partial charge in [0, 0.05) is 12.1 Å². The largest absolute Gasteiger partial charge is 0.416 e. The fourth-order valence-electron chi connectivity index (χ4n) is 2.65. The smallest absolute Gasteiger partial charge is 0.277 e. The maximum atomic E-state index is 13.5. The monoisotopic (exact) mass is 399 g/mol. The van der Waals surface area contributed by atoms with Crippen LogP contribution in [0.4, 0.5) is 10.1 Å². The van der Waals surface area contributed by atoms with Gasteiger partial charge < -0.3 is 9.73 Å². The number of hydrogen-bond donors (Lipinski definition) is 1. The molecule has 1 aliphatic rings. The first-order valence-corrected chi connectivity index (χ1v) is 10.8. The second-order valence-corrected chi connectivity index (χ2v) is 9.39. The lowest BCUT2D eigenvalue weighted by molar-refractivity contribution is -0.113. The predicted molar refractivity (Wildman–Crippen MR) is 95.3 cm³/mol. The Kier molecular flexibility index (Phi) is 5.61. The number of hydrogen-bond acceptors (Lipinski definition) is 7. The van der Waals surface area contributed by atoms with Crippen molar-refractivity contribution in [3.63, 3.8) is 0 Å². The lowest BCUT2D eigenvalue weighted by atomic mass is 10.1. The Hall–Kier alpha value is -1.94. The number of thioether (sulfide) groups is 1. The molecule has 1 N–H and O–H groups in total. The van der Waals surface area contributed by atoms with Gasteiger partial charge in [-0.15, -0.1) is 10.2 Å². The number of aryl methyl sites for hydroxylation is 1. The molecule has 0 saturated carbocycles. The number of nitrogens with one attached hydrogen (secondary N) is 1. The predicted octanol–water partition coefficient (Wildman–Crippen LogP) is 2.23. The zero-order valence-corrected chi connectivity index (χ0v) is 15.7. The Morgan fingerprint density at radius 2 is 2.23 bits per heavy atom. The van der Waals surface area contributed by atoms with Crippen LogP contribution < -0.4 is 5.32 Å². The van der Waals surface area contributed by atoms with Crippen molar-refractivity contribution in [3.05, 3.63) is 35.5 Å². The van der Waals surface area contributed by atoms with E-state index in [1.165, 1.54) is 6.07 Å². The van der Waals surface area contributed by atoms with Gasteiger partial charge >= 0.3 is 0 Å². The molecule has 0 bridgehead atoms. The van der Waals surface area contributed by atoms with Gasteiger partial charge in [0.2, 0.25) is 11.8 Å². The van der Waals surface area contributed by atoms with Crippen LogP contribution in [-0.2, 0) is 21.1 Å². The molecule has 2 aromatic rings. The molecule has 1 aromatic carbocycles. The highest BCUT2D eigenvalue weighted by atomic mass is 32.2. The molecular formula is C16H18FN3O4S2. The number of anilines is 1. The molecule has 2 heterocycles. The topological polar surface area (TPSA) is 102 Å². The number of rotatable bonds is 6. The molecule has 3 rings (SSSR count). The number of nitrogens with zero attached hydrogens (tertiary/aromatic N) is 2. The Morgan fingerprint density at radius 1 is 1.42 bits per heavy atom. The molecule has 1 amide bonds. The lowest BCUT2D eigenvalue weighted by Gasteiger charge is -2.05. The van der Waals surface area contributed by atoms with E-state index in [0.29, 0.717) is 30.0 Å². The summed E-state index contributed by atoms with van der Waals surface area (Å²) in [7, 11) is -2.94. The molecule has 1 aromatic heterocycles. The summed E-state index contributed by atoms with van der Waals surface area (Å²) in [5.41, 5.74) is 0.887. The van der Waals surface area contributed by atoms with Crippen molar-refractivity contribution in [1.29, 1.82) is 0 Å². The minimum Gasteiger partial charge on any atom is -0.416 e. The summed E-state index contributed by atoms with van der Waals surface area (Å²) in [6.07, 6.45) is 1.02. The Morgan fingerprint density at radius 3 is 2.92 bits per heavy atom. The van der Waals surface area contributed by atoms with Crippen LogP contribution in [0.15, 0.2) is 27.8 Å². The van der Waals surface area contributed by atoms with Crippen LogP contribution in [0, 0.1) is 18.7 Å². The van der Waals surface area contributed by atoms with E-state index in [2.05, 4.69) is 15.5 Å². The van der Waals surface area contributed by atoms with Crippen LogP contribution in [-0.4, -0.2) is 41.8 Å². The second kappa shape index (κ2) is 7.75. The minimum atomic E-state index is -2.94. The summed E-state index contributed by atoms with van der Waals surface area (Å²) in [6.45, 7) is 1.64. The first-order chi connectivity index (χ1) is 12.3. The maximum absolute atomic E-state index is 13.5. The van der Waals surface area contributed by atoms with Crippen LogP contribution in [0.5, 0.6) is 0 Å². The standard InChI is InChI=1S/C16H18FN3O4S2/c1-10-2-3-12(7-13(10)17)18-14(21)8-25-16-20-19-15(24-16)6-11-4-5-26(22,23)9-11/h2-3,7,11H,4-6,8-9H2,1H3,(H,18,21)/t11-/m1/s1. The van der Waals surface area contributed by atoms with E-state index in [1.807, 2.05) is 0 Å². The molecule has 1 atom stereocenters. The molecule has 0 unspecified atom stereocenters. The lowest BCUT2D eigenvalue weighted by Crippen LogP contribution is -2.14. The van der Waals surface area contributed by atoms with E-state index in [-0.39, 0.29) is 40.1 Å². The molecule has 0 aliphatic carbocycles. The van der Waals surface area contributed by atoms with Crippen LogP contribution >= 0.6 is 11.8 Å². The second-order valence-electron chi connectivity index (χ2n) is 6.24. The van der Waals surface area contributed by atoms with Gasteiger partial charge in [-0.05, 0) is 37.0 Å².